The van der Waals surface area contributed by atoms with Crippen LogP contribution in [0.15, 0.2) is 35.9 Å². The van der Waals surface area contributed by atoms with E-state index >= 15 is 0 Å². The summed E-state index contributed by atoms with van der Waals surface area (Å²) in [5.41, 5.74) is 1.36. The van der Waals surface area contributed by atoms with Crippen molar-refractivity contribution in [1.29, 1.82) is 0 Å². The lowest BCUT2D eigenvalue weighted by Gasteiger charge is -2.60. The van der Waals surface area contributed by atoms with Crippen LogP contribution < -0.4 is 4.74 Å². The molecular weight excluding hydrogens is 789 g/mol. The summed E-state index contributed by atoms with van der Waals surface area (Å²) in [5.74, 6) is 1.26. The first-order chi connectivity index (χ1) is 29.1. The van der Waals surface area contributed by atoms with Crippen molar-refractivity contribution in [3.05, 3.63) is 41.5 Å². The second-order valence-electron chi connectivity index (χ2n) is 19.6. The molecule has 6 aliphatic rings. The molecule has 14 heteroatoms. The van der Waals surface area contributed by atoms with Crippen molar-refractivity contribution in [2.24, 2.45) is 46.3 Å². The number of benzene rings is 1. The monoisotopic (exact) mass is 858 g/mol. The van der Waals surface area contributed by atoms with Crippen molar-refractivity contribution in [3.63, 3.8) is 0 Å². The van der Waals surface area contributed by atoms with Gasteiger partial charge in [-0.05, 0) is 122 Å². The Morgan fingerprint density at radius 1 is 0.852 bits per heavy atom. The lowest BCUT2D eigenvalue weighted by Crippen LogP contribution is -2.62. The van der Waals surface area contributed by atoms with Crippen molar-refractivity contribution in [2.75, 3.05) is 26.9 Å². The lowest BCUT2D eigenvalue weighted by molar-refractivity contribution is -0.334. The van der Waals surface area contributed by atoms with E-state index in [1.54, 1.807) is 12.1 Å². The third kappa shape index (κ3) is 9.45. The van der Waals surface area contributed by atoms with E-state index < -0.39 is 73.4 Å². The minimum absolute atomic E-state index is 0.0815. The molecule has 5 fully saturated rings. The van der Waals surface area contributed by atoms with Crippen LogP contribution in [-0.2, 0) is 33.2 Å². The molecule has 342 valence electrons. The third-order valence-corrected chi connectivity index (χ3v) is 15.8. The first kappa shape index (κ1) is 46.3. The Hall–Kier alpha value is -2.66. The number of aliphatic hydroxyl groups excluding tert-OH is 5. The Bertz CT molecular complexity index is 1690. The summed E-state index contributed by atoms with van der Waals surface area (Å²) in [6.07, 6.45) is 0.173. The van der Waals surface area contributed by atoms with Crippen LogP contribution in [0.5, 0.6) is 5.75 Å². The highest BCUT2D eigenvalue weighted by atomic mass is 16.7. The van der Waals surface area contributed by atoms with E-state index in [1.807, 2.05) is 0 Å². The van der Waals surface area contributed by atoms with Gasteiger partial charge >= 0.3 is 11.9 Å². The van der Waals surface area contributed by atoms with Gasteiger partial charge < -0.3 is 58.7 Å². The molecule has 3 saturated carbocycles. The molecule has 2 heterocycles. The topological polar surface area (TPSA) is 200 Å². The molecule has 18 atom stereocenters. The number of carbonyl (C=O) groups is 2. The molecule has 0 aromatic heterocycles. The fraction of sp³-hybridized carbons (Fsp3) is 0.787. The normalized spacial score (nSPS) is 41.9. The van der Waals surface area contributed by atoms with Gasteiger partial charge in [0.15, 0.2) is 24.8 Å². The van der Waals surface area contributed by atoms with E-state index in [0.717, 1.165) is 57.8 Å². The number of fused-ring (bicyclic) bond motifs is 5. The molecule has 2 saturated heterocycles. The van der Waals surface area contributed by atoms with Crippen LogP contribution in [0.25, 0.3) is 0 Å². The maximum absolute atomic E-state index is 13.2. The Kier molecular flexibility index (Phi) is 14.6. The van der Waals surface area contributed by atoms with Crippen LogP contribution in [0.3, 0.4) is 0 Å². The first-order valence-electron chi connectivity index (χ1n) is 22.7. The number of methoxy groups -OCH3 is 1. The maximum atomic E-state index is 13.2. The van der Waals surface area contributed by atoms with E-state index in [2.05, 4.69) is 33.8 Å². The molecule has 7 rings (SSSR count). The maximum Gasteiger partial charge on any atom is 0.338 e. The minimum Gasteiger partial charge on any atom is -0.497 e. The predicted octanol–water partition coefficient (Wildman–Crippen LogP) is 4.70. The van der Waals surface area contributed by atoms with Crippen molar-refractivity contribution >= 4 is 11.9 Å². The van der Waals surface area contributed by atoms with Crippen LogP contribution >= 0.6 is 0 Å². The highest BCUT2D eigenvalue weighted by molar-refractivity contribution is 5.89. The van der Waals surface area contributed by atoms with E-state index in [9.17, 15) is 35.1 Å². The number of esters is 2. The largest absolute Gasteiger partial charge is 0.497 e. The Morgan fingerprint density at radius 3 is 2.26 bits per heavy atom. The molecule has 0 unspecified atom stereocenters. The van der Waals surface area contributed by atoms with E-state index in [1.165, 1.54) is 31.7 Å². The van der Waals surface area contributed by atoms with E-state index in [-0.39, 0.29) is 42.1 Å². The van der Waals surface area contributed by atoms with E-state index in [4.69, 9.17) is 33.2 Å². The summed E-state index contributed by atoms with van der Waals surface area (Å²) in [5, 5.41) is 53.8. The molecule has 0 spiro atoms. The molecule has 2 aliphatic heterocycles. The highest BCUT2D eigenvalue weighted by Crippen LogP contribution is 2.68. The van der Waals surface area contributed by atoms with Crippen molar-refractivity contribution in [3.8, 4) is 5.75 Å². The fourth-order valence-corrected chi connectivity index (χ4v) is 12.4. The Morgan fingerprint density at radius 2 is 1.56 bits per heavy atom. The third-order valence-electron chi connectivity index (χ3n) is 15.8. The SMILES string of the molecule is COc1ccc(C(=O)O[C@H]2[C@H](O[C@H]3CO[C@@H](O[C@H]4C=C5C[C@@H](O)CC[C@]5(C)[C@H]5CC[C@]6(C)[C@@H]([C@H](C)CCC[C@@H](C)CO)CC[C@H]6[C@H]45)[C@H](OC(C)=O)[C@H]3O)OC[C@@H](O)[C@@H]2O)cc1. The minimum atomic E-state index is -1.58. The van der Waals surface area contributed by atoms with Gasteiger partial charge in [0.25, 0.3) is 0 Å². The van der Waals surface area contributed by atoms with Crippen molar-refractivity contribution in [2.45, 2.75) is 160 Å². The van der Waals surface area contributed by atoms with Crippen LogP contribution in [0.4, 0.5) is 0 Å². The van der Waals surface area contributed by atoms with Gasteiger partial charge in [-0.25, -0.2) is 4.79 Å². The number of carbonyl (C=O) groups excluding carboxylic acids is 2. The van der Waals surface area contributed by atoms with Gasteiger partial charge in [0.2, 0.25) is 0 Å². The average molecular weight is 859 g/mol. The Labute approximate surface area is 360 Å². The summed E-state index contributed by atoms with van der Waals surface area (Å²) >= 11 is 0. The molecule has 0 bridgehead atoms. The van der Waals surface area contributed by atoms with Crippen molar-refractivity contribution < 1.29 is 68.3 Å². The quantitative estimate of drug-likeness (QED) is 0.127. The Balaban J connectivity index is 1.10. The van der Waals surface area contributed by atoms with Gasteiger partial charge in [-0.3, -0.25) is 4.79 Å². The second kappa shape index (κ2) is 19.2. The highest BCUT2D eigenvalue weighted by Gasteiger charge is 2.62. The molecule has 61 heavy (non-hydrogen) atoms. The first-order valence-corrected chi connectivity index (χ1v) is 22.7. The predicted molar refractivity (Wildman–Crippen MR) is 221 cm³/mol. The number of rotatable bonds is 14. The fourth-order valence-electron chi connectivity index (χ4n) is 12.4. The second-order valence-corrected chi connectivity index (χ2v) is 19.6. The number of hydrogen-bond donors (Lipinski definition) is 5. The van der Waals surface area contributed by atoms with E-state index in [0.29, 0.717) is 41.8 Å². The van der Waals surface area contributed by atoms with Gasteiger partial charge in [0.1, 0.15) is 30.2 Å². The zero-order chi connectivity index (χ0) is 43.8. The molecule has 5 N–H and O–H groups in total. The molecule has 1 aromatic rings. The van der Waals surface area contributed by atoms with Crippen LogP contribution in [0.2, 0.25) is 0 Å². The summed E-state index contributed by atoms with van der Waals surface area (Å²) < 4.78 is 41.8. The van der Waals surface area contributed by atoms with Gasteiger partial charge in [0.05, 0.1) is 38.1 Å². The molecule has 14 nitrogen and oxygen atoms in total. The molecular formula is C47H70O14. The van der Waals surface area contributed by atoms with Crippen LogP contribution in [0.1, 0.15) is 109 Å². The molecule has 0 amide bonds. The molecule has 4 aliphatic carbocycles. The average Bonchev–Trinajstić information content (AvgIpc) is 3.60. The zero-order valence-corrected chi connectivity index (χ0v) is 36.7. The standard InChI is InChI=1S/C47H70O14/c1-25(22-48)8-7-9-26(2)32-14-15-33-38-34(17-19-47(32,33)5)46(4)18-16-30(50)20-29(46)21-36(38)59-45-42(58-27(3)49)40(53)37(24-57-45)60-44-41(39(52)35(51)23-56-44)61-43(54)28-10-12-31(55-6)13-11-28/h10-13,21,25-26,30,32-42,44-45,48,50-53H,7-9,14-20,22-24H2,1-6H3/t25-,26-,30+,32-,33+,34+,35-,36+,37+,38+,39+,40+,41-,42-,44+,45+,46+,47-/m1/s1. The molecule has 0 radical (unpaired) electrons. The number of ether oxygens (including phenoxy) is 7. The molecule has 1 aromatic carbocycles. The van der Waals surface area contributed by atoms with Crippen LogP contribution in [-0.4, -0.2) is 126 Å². The summed E-state index contributed by atoms with van der Waals surface area (Å²) in [7, 11) is 1.50. The van der Waals surface area contributed by atoms with Gasteiger partial charge in [-0.15, -0.1) is 0 Å². The smallest absolute Gasteiger partial charge is 0.338 e. The number of aliphatic hydroxyl groups is 5. The van der Waals surface area contributed by atoms with Gasteiger partial charge in [-0.1, -0.05) is 52.2 Å². The summed E-state index contributed by atoms with van der Waals surface area (Å²) in [4.78, 5) is 25.8. The zero-order valence-electron chi connectivity index (χ0n) is 36.7. The van der Waals surface area contributed by atoms with Gasteiger partial charge in [0, 0.05) is 13.5 Å². The summed E-state index contributed by atoms with van der Waals surface area (Å²) in [6.45, 7) is 10.3. The van der Waals surface area contributed by atoms with Crippen LogP contribution in [0, 0.1) is 46.3 Å². The van der Waals surface area contributed by atoms with Gasteiger partial charge in [-0.2, -0.15) is 0 Å². The lowest BCUT2D eigenvalue weighted by atomic mass is 9.46. The van der Waals surface area contributed by atoms with Crippen molar-refractivity contribution in [1.82, 2.24) is 0 Å². The summed E-state index contributed by atoms with van der Waals surface area (Å²) in [6, 6.07) is 6.16. The number of hydrogen-bond acceptors (Lipinski definition) is 14.